The lowest BCUT2D eigenvalue weighted by Gasteiger charge is -2.27. The first-order chi connectivity index (χ1) is 11.2. The second kappa shape index (κ2) is 9.05. The van der Waals surface area contributed by atoms with Gasteiger partial charge in [0.05, 0.1) is 12.4 Å². The van der Waals surface area contributed by atoms with Gasteiger partial charge in [-0.25, -0.2) is 8.42 Å². The third-order valence-electron chi connectivity index (χ3n) is 3.98. The molecule has 1 rings (SSSR count). The molecule has 1 heterocycles. The molecular weight excluding hydrogens is 328 g/mol. The van der Waals surface area contributed by atoms with Crippen molar-refractivity contribution in [3.8, 4) is 0 Å². The van der Waals surface area contributed by atoms with Gasteiger partial charge in [-0.05, 0) is 19.8 Å². The minimum absolute atomic E-state index is 0.373. The van der Waals surface area contributed by atoms with Gasteiger partial charge < -0.3 is 14.5 Å². The summed E-state index contributed by atoms with van der Waals surface area (Å²) in [7, 11) is 3.89. The molecule has 138 valence electrons. The molecule has 0 saturated carbocycles. The summed E-state index contributed by atoms with van der Waals surface area (Å²) in [5.74, 6) is 0.710. The van der Waals surface area contributed by atoms with Gasteiger partial charge in [0.1, 0.15) is 5.82 Å². The number of sulfone groups is 1. The first-order valence-corrected chi connectivity index (χ1v) is 10.0. The van der Waals surface area contributed by atoms with E-state index in [2.05, 4.69) is 9.98 Å². The Morgan fingerprint density at radius 2 is 2.00 bits per heavy atom. The van der Waals surface area contributed by atoms with E-state index in [0.29, 0.717) is 24.8 Å². The average Bonchev–Trinajstić information content (AvgIpc) is 2.73. The molecule has 0 amide bonds. The fourth-order valence-electron chi connectivity index (χ4n) is 2.72. The van der Waals surface area contributed by atoms with E-state index in [1.807, 2.05) is 25.9 Å². The maximum Gasteiger partial charge on any atom is 0.293 e. The van der Waals surface area contributed by atoms with Gasteiger partial charge in [0.25, 0.3) is 6.02 Å². The molecule has 0 aliphatic carbocycles. The number of rotatable bonds is 4. The van der Waals surface area contributed by atoms with Crippen LogP contribution in [0.4, 0.5) is 0 Å². The molecule has 0 aromatic heterocycles. The monoisotopic (exact) mass is 358 g/mol. The van der Waals surface area contributed by atoms with Crippen LogP contribution in [0.15, 0.2) is 21.4 Å². The lowest BCUT2D eigenvalue weighted by molar-refractivity contribution is 0.315. The van der Waals surface area contributed by atoms with Gasteiger partial charge in [-0.2, -0.15) is 4.99 Å². The Hall–Kier alpha value is -1.57. The molecule has 1 unspecified atom stereocenters. The van der Waals surface area contributed by atoms with Crippen molar-refractivity contribution in [3.63, 3.8) is 0 Å². The minimum Gasteiger partial charge on any atom is -0.468 e. The molecule has 1 saturated heterocycles. The number of ether oxygens (including phenoxy) is 1. The molecule has 0 aromatic rings. The maximum absolute atomic E-state index is 12.1. The summed E-state index contributed by atoms with van der Waals surface area (Å²) >= 11 is 0. The van der Waals surface area contributed by atoms with Gasteiger partial charge >= 0.3 is 0 Å². The third-order valence-corrected chi connectivity index (χ3v) is 5.57. The van der Waals surface area contributed by atoms with Gasteiger partial charge in [-0.1, -0.05) is 6.42 Å². The highest BCUT2D eigenvalue weighted by molar-refractivity contribution is 7.91. The van der Waals surface area contributed by atoms with Crippen LogP contribution in [0.1, 0.15) is 26.2 Å². The highest BCUT2D eigenvalue weighted by atomic mass is 32.2. The Morgan fingerprint density at radius 3 is 2.50 bits per heavy atom. The highest BCUT2D eigenvalue weighted by Crippen LogP contribution is 2.22. The standard InChI is InChI=1S/C16H30N4O3S/c1-13(11-17-2)15(18-16(23-5)19(3)4)20-10-8-7-9-14(12-20)24(6,21)22/h11,14H,7-10,12H2,1-6H3/b15-13-,17-11-,18-16+. The molecule has 7 nitrogen and oxygen atoms in total. The van der Waals surface area contributed by atoms with Crippen molar-refractivity contribution in [1.82, 2.24) is 9.80 Å². The van der Waals surface area contributed by atoms with E-state index in [4.69, 9.17) is 4.74 Å². The van der Waals surface area contributed by atoms with Crippen LogP contribution in [0.25, 0.3) is 0 Å². The van der Waals surface area contributed by atoms with Gasteiger partial charge in [0, 0.05) is 52.3 Å². The van der Waals surface area contributed by atoms with E-state index in [9.17, 15) is 8.42 Å². The zero-order chi connectivity index (χ0) is 18.3. The Bertz CT molecular complexity index is 609. The average molecular weight is 359 g/mol. The zero-order valence-corrected chi connectivity index (χ0v) is 16.4. The van der Waals surface area contributed by atoms with Crippen LogP contribution in [0.5, 0.6) is 0 Å². The maximum atomic E-state index is 12.1. The predicted molar refractivity (Wildman–Crippen MR) is 99.3 cm³/mol. The van der Waals surface area contributed by atoms with E-state index in [-0.39, 0.29) is 5.25 Å². The molecule has 0 radical (unpaired) electrons. The number of nitrogens with zero attached hydrogens (tertiary/aromatic N) is 4. The summed E-state index contributed by atoms with van der Waals surface area (Å²) < 4.78 is 29.4. The molecule has 0 spiro atoms. The highest BCUT2D eigenvalue weighted by Gasteiger charge is 2.28. The lowest BCUT2D eigenvalue weighted by atomic mass is 10.2. The Morgan fingerprint density at radius 1 is 1.33 bits per heavy atom. The number of hydrogen-bond donors (Lipinski definition) is 0. The largest absolute Gasteiger partial charge is 0.468 e. The summed E-state index contributed by atoms with van der Waals surface area (Å²) in [5, 5.41) is -0.373. The van der Waals surface area contributed by atoms with Crippen LogP contribution in [0.2, 0.25) is 0 Å². The van der Waals surface area contributed by atoms with E-state index in [0.717, 1.165) is 25.0 Å². The smallest absolute Gasteiger partial charge is 0.293 e. The van der Waals surface area contributed by atoms with E-state index in [1.54, 1.807) is 25.3 Å². The molecule has 8 heteroatoms. The number of hydrogen-bond acceptors (Lipinski definition) is 6. The molecule has 0 N–H and O–H groups in total. The fraction of sp³-hybridized carbons (Fsp3) is 0.750. The minimum atomic E-state index is -3.09. The molecule has 1 atom stereocenters. The van der Waals surface area contributed by atoms with Crippen LogP contribution in [-0.4, -0.2) is 83.3 Å². The first-order valence-electron chi connectivity index (χ1n) is 8.07. The van der Waals surface area contributed by atoms with Crippen LogP contribution in [0.3, 0.4) is 0 Å². The summed E-state index contributed by atoms with van der Waals surface area (Å²) in [5.41, 5.74) is 0.878. The predicted octanol–water partition coefficient (Wildman–Crippen LogP) is 1.38. The van der Waals surface area contributed by atoms with Gasteiger partial charge in [-0.15, -0.1) is 0 Å². The molecule has 0 bridgehead atoms. The Kier molecular flexibility index (Phi) is 7.72. The Labute approximate surface area is 146 Å². The number of allylic oxidation sites excluding steroid dienone is 1. The quantitative estimate of drug-likeness (QED) is 0.561. The van der Waals surface area contributed by atoms with Crippen LogP contribution in [0, 0.1) is 0 Å². The van der Waals surface area contributed by atoms with E-state index in [1.165, 1.54) is 6.26 Å². The van der Waals surface area contributed by atoms with Gasteiger partial charge in [0.2, 0.25) is 0 Å². The number of aliphatic imine (C=N–C) groups is 2. The number of amidine groups is 1. The van der Waals surface area contributed by atoms with Crippen LogP contribution < -0.4 is 0 Å². The second-order valence-electron chi connectivity index (χ2n) is 6.28. The molecule has 24 heavy (non-hydrogen) atoms. The van der Waals surface area contributed by atoms with Crippen molar-refractivity contribution in [2.75, 3.05) is 47.6 Å². The molecule has 0 aromatic carbocycles. The summed E-state index contributed by atoms with van der Waals surface area (Å²) in [6, 6.07) is 0.467. The van der Waals surface area contributed by atoms with Crippen LogP contribution in [-0.2, 0) is 14.6 Å². The van der Waals surface area contributed by atoms with Crippen molar-refractivity contribution < 1.29 is 13.2 Å². The second-order valence-corrected chi connectivity index (χ2v) is 8.61. The normalized spacial score (nSPS) is 21.5. The number of methoxy groups -OCH3 is 1. The summed E-state index contributed by atoms with van der Waals surface area (Å²) in [6.07, 6.45) is 5.58. The fourth-order valence-corrected chi connectivity index (χ4v) is 3.77. The van der Waals surface area contributed by atoms with E-state index < -0.39 is 9.84 Å². The molecular formula is C16H30N4O3S. The summed E-state index contributed by atoms with van der Waals surface area (Å²) in [6.45, 7) is 3.14. The number of likely N-dealkylation sites (tertiary alicyclic amines) is 1. The van der Waals surface area contributed by atoms with Crippen molar-refractivity contribution in [2.24, 2.45) is 9.98 Å². The zero-order valence-electron chi connectivity index (χ0n) is 15.6. The van der Waals surface area contributed by atoms with Crippen molar-refractivity contribution in [3.05, 3.63) is 11.4 Å². The lowest BCUT2D eigenvalue weighted by Crippen LogP contribution is -2.36. The Balaban J connectivity index is 3.30. The van der Waals surface area contributed by atoms with Crippen molar-refractivity contribution in [2.45, 2.75) is 31.4 Å². The van der Waals surface area contributed by atoms with Crippen LogP contribution >= 0.6 is 0 Å². The van der Waals surface area contributed by atoms with Gasteiger partial charge in [0.15, 0.2) is 9.84 Å². The molecule has 1 aliphatic heterocycles. The molecule has 1 fully saturated rings. The van der Waals surface area contributed by atoms with Crippen molar-refractivity contribution in [1.29, 1.82) is 0 Å². The molecule has 1 aliphatic rings. The first kappa shape index (κ1) is 20.5. The van der Waals surface area contributed by atoms with Gasteiger partial charge in [-0.3, -0.25) is 4.99 Å². The third kappa shape index (κ3) is 5.81. The van der Waals surface area contributed by atoms with E-state index >= 15 is 0 Å². The van der Waals surface area contributed by atoms with Crippen molar-refractivity contribution >= 4 is 22.1 Å². The SMILES string of the molecule is C\N=C/C(C)=C(/N=C(/OC)N(C)C)N1CCCCC(S(C)(=O)=O)C1. The topological polar surface area (TPSA) is 74.6 Å². The summed E-state index contributed by atoms with van der Waals surface area (Å²) in [4.78, 5) is 12.5.